The van der Waals surface area contributed by atoms with Gasteiger partial charge in [0.05, 0.1) is 6.61 Å². The molecule has 0 aliphatic carbocycles. The molecule has 1 atom stereocenters. The average molecular weight is 311 g/mol. The Morgan fingerprint density at radius 2 is 1.83 bits per heavy atom. The van der Waals surface area contributed by atoms with E-state index in [1.165, 1.54) is 22.3 Å². The van der Waals surface area contributed by atoms with E-state index < -0.39 is 0 Å². The van der Waals surface area contributed by atoms with Gasteiger partial charge < -0.3 is 10.5 Å². The third-order valence-corrected chi connectivity index (χ3v) is 4.12. The minimum absolute atomic E-state index is 0.343. The molecule has 2 nitrogen and oxygen atoms in total. The molecule has 0 amide bonds. The molecule has 0 saturated carbocycles. The molecule has 0 saturated heterocycles. The van der Waals surface area contributed by atoms with Crippen LogP contribution < -0.4 is 10.5 Å². The van der Waals surface area contributed by atoms with Crippen LogP contribution >= 0.6 is 0 Å². The Hall–Kier alpha value is -1.80. The molecule has 2 aromatic carbocycles. The number of hydrogen-bond acceptors (Lipinski definition) is 2. The van der Waals surface area contributed by atoms with Gasteiger partial charge in [0, 0.05) is 5.92 Å². The molecule has 0 bridgehead atoms. The Labute approximate surface area is 140 Å². The van der Waals surface area contributed by atoms with Gasteiger partial charge >= 0.3 is 0 Å². The number of hydrogen-bond donors (Lipinski definition) is 1. The summed E-state index contributed by atoms with van der Waals surface area (Å²) in [6.07, 6.45) is 0.944. The second-order valence-corrected chi connectivity index (χ2v) is 6.85. The minimum atomic E-state index is 0.343. The van der Waals surface area contributed by atoms with Crippen LogP contribution in [-0.4, -0.2) is 13.2 Å². The summed E-state index contributed by atoms with van der Waals surface area (Å²) >= 11 is 0. The third kappa shape index (κ3) is 5.11. The van der Waals surface area contributed by atoms with E-state index in [9.17, 15) is 0 Å². The fourth-order valence-corrected chi connectivity index (χ4v) is 2.83. The summed E-state index contributed by atoms with van der Waals surface area (Å²) in [4.78, 5) is 0. The standard InChI is InChI=1S/C21H29NO/c1-15(2)14-23-20-7-5-6-18(12-20)11-19(13-22)21-10-16(3)8-9-17(21)4/h5-10,12,15,19H,11,13-14,22H2,1-4H3. The van der Waals surface area contributed by atoms with Crippen molar-refractivity contribution in [2.24, 2.45) is 11.7 Å². The normalized spacial score (nSPS) is 12.4. The third-order valence-electron chi connectivity index (χ3n) is 4.12. The molecule has 0 fully saturated rings. The van der Waals surface area contributed by atoms with Crippen molar-refractivity contribution in [3.63, 3.8) is 0 Å². The lowest BCUT2D eigenvalue weighted by molar-refractivity contribution is 0.271. The van der Waals surface area contributed by atoms with E-state index in [0.29, 0.717) is 18.4 Å². The molecule has 0 aliphatic rings. The molecule has 0 aromatic heterocycles. The summed E-state index contributed by atoms with van der Waals surface area (Å²) in [5.74, 6) is 1.83. The number of benzene rings is 2. The second kappa shape index (κ2) is 8.16. The van der Waals surface area contributed by atoms with Gasteiger partial charge in [-0.1, -0.05) is 49.7 Å². The van der Waals surface area contributed by atoms with Gasteiger partial charge in [-0.15, -0.1) is 0 Å². The Morgan fingerprint density at radius 1 is 1.04 bits per heavy atom. The fourth-order valence-electron chi connectivity index (χ4n) is 2.83. The Balaban J connectivity index is 2.15. The molecular weight excluding hydrogens is 282 g/mol. The Morgan fingerprint density at radius 3 is 2.52 bits per heavy atom. The van der Waals surface area contributed by atoms with Crippen molar-refractivity contribution in [1.29, 1.82) is 0 Å². The topological polar surface area (TPSA) is 35.2 Å². The summed E-state index contributed by atoms with van der Waals surface area (Å²) < 4.78 is 5.84. The molecule has 23 heavy (non-hydrogen) atoms. The molecule has 0 heterocycles. The first-order valence-corrected chi connectivity index (χ1v) is 8.48. The van der Waals surface area contributed by atoms with Crippen LogP contribution in [0, 0.1) is 19.8 Å². The molecule has 2 N–H and O–H groups in total. The predicted octanol–water partition coefficient (Wildman–Crippen LogP) is 4.62. The van der Waals surface area contributed by atoms with E-state index >= 15 is 0 Å². The van der Waals surface area contributed by atoms with Gasteiger partial charge in [-0.25, -0.2) is 0 Å². The molecule has 2 rings (SSSR count). The van der Waals surface area contributed by atoms with Crippen LogP contribution in [0.3, 0.4) is 0 Å². The molecule has 0 aliphatic heterocycles. The highest BCUT2D eigenvalue weighted by Gasteiger charge is 2.14. The number of rotatable bonds is 7. The first kappa shape index (κ1) is 17.6. The molecule has 0 radical (unpaired) electrons. The maximum atomic E-state index is 6.08. The second-order valence-electron chi connectivity index (χ2n) is 6.85. The van der Waals surface area contributed by atoms with Crippen LogP contribution in [0.2, 0.25) is 0 Å². The molecule has 2 heteroatoms. The predicted molar refractivity (Wildman–Crippen MR) is 98.2 cm³/mol. The van der Waals surface area contributed by atoms with Crippen molar-refractivity contribution < 1.29 is 4.74 Å². The zero-order chi connectivity index (χ0) is 16.8. The van der Waals surface area contributed by atoms with Crippen LogP contribution in [0.5, 0.6) is 5.75 Å². The Bertz CT molecular complexity index is 633. The van der Waals surface area contributed by atoms with Crippen molar-refractivity contribution in [2.45, 2.75) is 40.0 Å². The van der Waals surface area contributed by atoms with E-state index in [2.05, 4.69) is 64.1 Å². The fraction of sp³-hybridized carbons (Fsp3) is 0.429. The van der Waals surface area contributed by atoms with Crippen molar-refractivity contribution in [2.75, 3.05) is 13.2 Å². The minimum Gasteiger partial charge on any atom is -0.493 e. The highest BCUT2D eigenvalue weighted by atomic mass is 16.5. The lowest BCUT2D eigenvalue weighted by Gasteiger charge is -2.19. The lowest BCUT2D eigenvalue weighted by atomic mass is 9.88. The SMILES string of the molecule is Cc1ccc(C)c(C(CN)Cc2cccc(OCC(C)C)c2)c1. The summed E-state index contributed by atoms with van der Waals surface area (Å²) in [5.41, 5.74) is 11.3. The van der Waals surface area contributed by atoms with E-state index in [0.717, 1.165) is 18.8 Å². The van der Waals surface area contributed by atoms with E-state index in [1.807, 2.05) is 6.07 Å². The van der Waals surface area contributed by atoms with Crippen LogP contribution in [0.25, 0.3) is 0 Å². The van der Waals surface area contributed by atoms with Gasteiger partial charge in [0.1, 0.15) is 5.75 Å². The van der Waals surface area contributed by atoms with Crippen molar-refractivity contribution in [3.8, 4) is 5.75 Å². The first-order chi connectivity index (χ1) is 11.0. The summed E-state index contributed by atoms with van der Waals surface area (Å²) in [6, 6.07) is 15.0. The molecular formula is C21H29NO. The zero-order valence-electron chi connectivity index (χ0n) is 14.8. The molecule has 1 unspecified atom stereocenters. The smallest absolute Gasteiger partial charge is 0.119 e. The number of aryl methyl sites for hydroxylation is 2. The van der Waals surface area contributed by atoms with Crippen LogP contribution in [-0.2, 0) is 6.42 Å². The molecule has 0 spiro atoms. The largest absolute Gasteiger partial charge is 0.493 e. The van der Waals surface area contributed by atoms with E-state index in [1.54, 1.807) is 0 Å². The summed E-state index contributed by atoms with van der Waals surface area (Å²) in [7, 11) is 0. The zero-order valence-corrected chi connectivity index (χ0v) is 14.8. The monoisotopic (exact) mass is 311 g/mol. The molecule has 2 aromatic rings. The number of ether oxygens (including phenoxy) is 1. The first-order valence-electron chi connectivity index (χ1n) is 8.48. The van der Waals surface area contributed by atoms with Gasteiger partial charge in [-0.05, 0) is 61.6 Å². The van der Waals surface area contributed by atoms with Crippen molar-refractivity contribution in [3.05, 3.63) is 64.7 Å². The maximum absolute atomic E-state index is 6.08. The lowest BCUT2D eigenvalue weighted by Crippen LogP contribution is -2.16. The van der Waals surface area contributed by atoms with Crippen LogP contribution in [0.1, 0.15) is 42.0 Å². The maximum Gasteiger partial charge on any atom is 0.119 e. The van der Waals surface area contributed by atoms with Gasteiger partial charge in [0.15, 0.2) is 0 Å². The van der Waals surface area contributed by atoms with Gasteiger partial charge in [0.25, 0.3) is 0 Å². The van der Waals surface area contributed by atoms with Crippen molar-refractivity contribution >= 4 is 0 Å². The summed E-state index contributed by atoms with van der Waals surface area (Å²) in [5, 5.41) is 0. The van der Waals surface area contributed by atoms with E-state index in [-0.39, 0.29) is 0 Å². The molecule has 124 valence electrons. The highest BCUT2D eigenvalue weighted by molar-refractivity contribution is 5.36. The van der Waals surface area contributed by atoms with Crippen molar-refractivity contribution in [1.82, 2.24) is 0 Å². The van der Waals surface area contributed by atoms with E-state index in [4.69, 9.17) is 10.5 Å². The Kier molecular flexibility index (Phi) is 6.23. The van der Waals surface area contributed by atoms with Gasteiger partial charge in [-0.3, -0.25) is 0 Å². The average Bonchev–Trinajstić information content (AvgIpc) is 2.53. The highest BCUT2D eigenvalue weighted by Crippen LogP contribution is 2.26. The van der Waals surface area contributed by atoms with Gasteiger partial charge in [0.2, 0.25) is 0 Å². The number of nitrogens with two attached hydrogens (primary N) is 1. The quantitative estimate of drug-likeness (QED) is 0.809. The van der Waals surface area contributed by atoms with Gasteiger partial charge in [-0.2, -0.15) is 0 Å². The van der Waals surface area contributed by atoms with Crippen LogP contribution in [0.15, 0.2) is 42.5 Å². The van der Waals surface area contributed by atoms with Crippen LogP contribution in [0.4, 0.5) is 0 Å². The summed E-state index contributed by atoms with van der Waals surface area (Å²) in [6.45, 7) is 10.0.